The number of amides is 1. The van der Waals surface area contributed by atoms with Gasteiger partial charge in [-0.25, -0.2) is 4.98 Å². The monoisotopic (exact) mass is 375 g/mol. The van der Waals surface area contributed by atoms with Crippen molar-refractivity contribution in [1.29, 1.82) is 0 Å². The van der Waals surface area contributed by atoms with E-state index in [1.807, 2.05) is 6.07 Å². The quantitative estimate of drug-likeness (QED) is 0.612. The fraction of sp³-hybridized carbons (Fsp3) is 0.125. The van der Waals surface area contributed by atoms with Crippen molar-refractivity contribution >= 4 is 39.8 Å². The summed E-state index contributed by atoms with van der Waals surface area (Å²) in [5, 5.41) is 24.2. The Labute approximate surface area is 152 Å². The predicted octanol–water partition coefficient (Wildman–Crippen LogP) is 2.98. The van der Waals surface area contributed by atoms with Crippen molar-refractivity contribution in [2.45, 2.75) is 6.10 Å². The highest BCUT2D eigenvalue weighted by Gasteiger charge is 2.12. The first-order valence-corrected chi connectivity index (χ1v) is 8.59. The van der Waals surface area contributed by atoms with E-state index >= 15 is 0 Å². The van der Waals surface area contributed by atoms with Crippen LogP contribution in [0.4, 0.5) is 10.9 Å². The fourth-order valence-corrected chi connectivity index (χ4v) is 2.79. The Morgan fingerprint density at radius 2 is 2.12 bits per heavy atom. The van der Waals surface area contributed by atoms with Crippen molar-refractivity contribution < 1.29 is 9.90 Å². The summed E-state index contributed by atoms with van der Waals surface area (Å²) in [6.45, 7) is 0.243. The van der Waals surface area contributed by atoms with Gasteiger partial charge in [0.1, 0.15) is 11.3 Å². The van der Waals surface area contributed by atoms with E-state index in [1.54, 1.807) is 30.3 Å². The van der Waals surface area contributed by atoms with Gasteiger partial charge >= 0.3 is 0 Å². The fourth-order valence-electron chi connectivity index (χ4n) is 2.09. The molecule has 0 radical (unpaired) electrons. The third-order valence-electron chi connectivity index (χ3n) is 3.35. The molecule has 2 heterocycles. The van der Waals surface area contributed by atoms with Crippen molar-refractivity contribution in [2.24, 2.45) is 0 Å². The van der Waals surface area contributed by atoms with E-state index in [1.165, 1.54) is 23.0 Å². The Morgan fingerprint density at radius 1 is 1.28 bits per heavy atom. The molecule has 25 heavy (non-hydrogen) atoms. The first-order chi connectivity index (χ1) is 12.1. The van der Waals surface area contributed by atoms with Gasteiger partial charge < -0.3 is 10.4 Å². The highest BCUT2D eigenvalue weighted by Crippen LogP contribution is 2.22. The van der Waals surface area contributed by atoms with Crippen LogP contribution < -0.4 is 10.6 Å². The lowest BCUT2D eigenvalue weighted by molar-refractivity contribution is 0.102. The van der Waals surface area contributed by atoms with Crippen LogP contribution in [-0.2, 0) is 0 Å². The van der Waals surface area contributed by atoms with Crippen LogP contribution in [0.5, 0.6) is 0 Å². The molecule has 3 aromatic rings. The van der Waals surface area contributed by atoms with Gasteiger partial charge in [-0.1, -0.05) is 41.1 Å². The number of aliphatic hydroxyl groups is 1. The number of aromatic nitrogens is 3. The third-order valence-corrected chi connectivity index (χ3v) is 4.30. The van der Waals surface area contributed by atoms with Crippen LogP contribution in [0.3, 0.4) is 0 Å². The standard InChI is InChI=1S/C16H14ClN5O2S/c17-12-4-2-1-3-11(12)13(23)8-19-14-6-5-10(7-18-14)15(24)21-16-22-20-9-25-16/h1-7,9,13,23H,8H2,(H,18,19)(H,21,22,24). The minimum Gasteiger partial charge on any atom is -0.387 e. The van der Waals surface area contributed by atoms with Gasteiger partial charge in [-0.05, 0) is 18.2 Å². The van der Waals surface area contributed by atoms with Gasteiger partial charge in [0.2, 0.25) is 5.13 Å². The van der Waals surface area contributed by atoms with Crippen molar-refractivity contribution in [3.05, 3.63) is 64.3 Å². The van der Waals surface area contributed by atoms with Gasteiger partial charge in [-0.2, -0.15) is 0 Å². The number of hydrogen-bond acceptors (Lipinski definition) is 7. The first-order valence-electron chi connectivity index (χ1n) is 7.33. The summed E-state index contributed by atoms with van der Waals surface area (Å²) in [5.74, 6) is 0.227. The maximum atomic E-state index is 12.0. The topological polar surface area (TPSA) is 100 Å². The highest BCUT2D eigenvalue weighted by atomic mass is 35.5. The van der Waals surface area contributed by atoms with Gasteiger partial charge in [0.15, 0.2) is 0 Å². The number of halogens is 1. The zero-order chi connectivity index (χ0) is 17.6. The predicted molar refractivity (Wildman–Crippen MR) is 97.0 cm³/mol. The minimum absolute atomic E-state index is 0.243. The zero-order valence-electron chi connectivity index (χ0n) is 12.9. The van der Waals surface area contributed by atoms with Crippen LogP contribution >= 0.6 is 22.9 Å². The van der Waals surface area contributed by atoms with Gasteiger partial charge in [-0.3, -0.25) is 10.1 Å². The van der Waals surface area contributed by atoms with Crippen LogP contribution in [0, 0.1) is 0 Å². The molecule has 3 N–H and O–H groups in total. The summed E-state index contributed by atoms with van der Waals surface area (Å²) < 4.78 is 0. The maximum absolute atomic E-state index is 12.0. The largest absolute Gasteiger partial charge is 0.387 e. The van der Waals surface area contributed by atoms with Crippen LogP contribution in [0.25, 0.3) is 0 Å². The van der Waals surface area contributed by atoms with E-state index in [0.29, 0.717) is 27.1 Å². The number of carbonyl (C=O) groups excluding carboxylic acids is 1. The molecule has 0 aliphatic heterocycles. The first kappa shape index (κ1) is 17.3. The van der Waals surface area contributed by atoms with E-state index in [9.17, 15) is 9.90 Å². The molecule has 128 valence electrons. The molecule has 1 aromatic carbocycles. The number of benzene rings is 1. The average Bonchev–Trinajstić information content (AvgIpc) is 3.13. The summed E-state index contributed by atoms with van der Waals surface area (Å²) >= 11 is 7.29. The number of carbonyl (C=O) groups is 1. The van der Waals surface area contributed by atoms with Gasteiger partial charge in [0, 0.05) is 23.3 Å². The second-order valence-electron chi connectivity index (χ2n) is 5.05. The zero-order valence-corrected chi connectivity index (χ0v) is 14.5. The molecule has 0 aliphatic carbocycles. The average molecular weight is 376 g/mol. The van der Waals surface area contributed by atoms with E-state index in [4.69, 9.17) is 11.6 Å². The molecular formula is C16H14ClN5O2S. The molecule has 1 amide bonds. The molecular weight excluding hydrogens is 362 g/mol. The Balaban J connectivity index is 1.57. The van der Waals surface area contributed by atoms with Crippen molar-refractivity contribution in [3.8, 4) is 0 Å². The number of rotatable bonds is 6. The number of pyridine rings is 1. The number of nitrogens with zero attached hydrogens (tertiary/aromatic N) is 3. The molecule has 1 unspecified atom stereocenters. The summed E-state index contributed by atoms with van der Waals surface area (Å²) in [6, 6.07) is 10.4. The molecule has 1 atom stereocenters. The van der Waals surface area contributed by atoms with E-state index in [-0.39, 0.29) is 12.5 Å². The SMILES string of the molecule is O=C(Nc1nncs1)c1ccc(NCC(O)c2ccccc2Cl)nc1. The Bertz CT molecular complexity index is 842. The molecule has 9 heteroatoms. The van der Waals surface area contributed by atoms with Crippen LogP contribution in [0.2, 0.25) is 5.02 Å². The molecule has 0 fully saturated rings. The summed E-state index contributed by atoms with van der Waals surface area (Å²) in [7, 11) is 0. The second kappa shape index (κ2) is 8.02. The van der Waals surface area contributed by atoms with E-state index in [2.05, 4.69) is 25.8 Å². The number of anilines is 2. The lowest BCUT2D eigenvalue weighted by atomic mass is 10.1. The molecule has 0 bridgehead atoms. The highest BCUT2D eigenvalue weighted by molar-refractivity contribution is 7.13. The number of hydrogen-bond donors (Lipinski definition) is 3. The van der Waals surface area contributed by atoms with Crippen LogP contribution in [0.1, 0.15) is 22.0 Å². The molecule has 0 saturated carbocycles. The van der Waals surface area contributed by atoms with E-state index < -0.39 is 6.10 Å². The Kier molecular flexibility index (Phi) is 5.54. The van der Waals surface area contributed by atoms with E-state index in [0.717, 1.165) is 0 Å². The Hall–Kier alpha value is -2.55. The normalized spacial score (nSPS) is 11.8. The molecule has 2 aromatic heterocycles. The van der Waals surface area contributed by atoms with Gasteiger partial charge in [0.25, 0.3) is 5.91 Å². The van der Waals surface area contributed by atoms with Gasteiger partial charge in [0.05, 0.1) is 11.7 Å². The molecule has 0 aliphatic rings. The summed E-state index contributed by atoms with van der Waals surface area (Å²) in [4.78, 5) is 16.2. The number of aliphatic hydroxyl groups excluding tert-OH is 1. The van der Waals surface area contributed by atoms with Crippen LogP contribution in [-0.4, -0.2) is 32.7 Å². The molecule has 0 spiro atoms. The van der Waals surface area contributed by atoms with Crippen LogP contribution in [0.15, 0.2) is 48.1 Å². The minimum atomic E-state index is -0.768. The number of nitrogens with one attached hydrogen (secondary N) is 2. The third kappa shape index (κ3) is 4.50. The second-order valence-corrected chi connectivity index (χ2v) is 6.29. The lowest BCUT2D eigenvalue weighted by Gasteiger charge is -2.14. The maximum Gasteiger partial charge on any atom is 0.259 e. The van der Waals surface area contributed by atoms with Crippen molar-refractivity contribution in [3.63, 3.8) is 0 Å². The smallest absolute Gasteiger partial charge is 0.259 e. The Morgan fingerprint density at radius 3 is 2.80 bits per heavy atom. The van der Waals surface area contributed by atoms with Crippen molar-refractivity contribution in [2.75, 3.05) is 17.2 Å². The van der Waals surface area contributed by atoms with Crippen molar-refractivity contribution in [1.82, 2.24) is 15.2 Å². The molecule has 7 nitrogen and oxygen atoms in total. The van der Waals surface area contributed by atoms with Gasteiger partial charge in [-0.15, -0.1) is 10.2 Å². The summed E-state index contributed by atoms with van der Waals surface area (Å²) in [5.41, 5.74) is 2.57. The molecule has 0 saturated heterocycles. The summed E-state index contributed by atoms with van der Waals surface area (Å²) in [6.07, 6.45) is 0.677. The lowest BCUT2D eigenvalue weighted by Crippen LogP contribution is -2.15. The molecule has 3 rings (SSSR count).